The SMILES string of the molecule is Brc1ccc(CCc2nccnn2)cc1. The third-order valence-electron chi connectivity index (χ3n) is 2.08. The van der Waals surface area contributed by atoms with Gasteiger partial charge in [0.15, 0.2) is 5.82 Å². The van der Waals surface area contributed by atoms with E-state index in [9.17, 15) is 0 Å². The zero-order valence-electron chi connectivity index (χ0n) is 8.10. The van der Waals surface area contributed by atoms with Gasteiger partial charge in [-0.15, -0.1) is 5.10 Å². The molecule has 0 fully saturated rings. The average Bonchev–Trinajstić information content (AvgIpc) is 2.30. The number of aryl methyl sites for hydroxylation is 2. The number of aromatic nitrogens is 3. The molecular formula is C11H10BrN3. The molecule has 3 nitrogen and oxygen atoms in total. The van der Waals surface area contributed by atoms with E-state index in [0.717, 1.165) is 23.1 Å². The molecule has 0 atom stereocenters. The van der Waals surface area contributed by atoms with Gasteiger partial charge in [-0.05, 0) is 24.1 Å². The lowest BCUT2D eigenvalue weighted by atomic mass is 10.1. The Morgan fingerprint density at radius 1 is 1.00 bits per heavy atom. The molecule has 1 heterocycles. The molecule has 0 radical (unpaired) electrons. The Bertz CT molecular complexity index is 414. The molecule has 1 aromatic carbocycles. The van der Waals surface area contributed by atoms with Crippen LogP contribution in [0.5, 0.6) is 0 Å². The van der Waals surface area contributed by atoms with E-state index >= 15 is 0 Å². The summed E-state index contributed by atoms with van der Waals surface area (Å²) in [5.74, 6) is 0.792. The maximum Gasteiger partial charge on any atom is 0.151 e. The lowest BCUT2D eigenvalue weighted by Gasteiger charge is -1.99. The topological polar surface area (TPSA) is 38.7 Å². The van der Waals surface area contributed by atoms with E-state index in [2.05, 4.69) is 43.2 Å². The first-order chi connectivity index (χ1) is 7.34. The van der Waals surface area contributed by atoms with Crippen molar-refractivity contribution in [2.45, 2.75) is 12.8 Å². The molecule has 0 N–H and O–H groups in total. The summed E-state index contributed by atoms with van der Waals surface area (Å²) in [7, 11) is 0. The van der Waals surface area contributed by atoms with E-state index in [4.69, 9.17) is 0 Å². The van der Waals surface area contributed by atoms with Crippen LogP contribution in [0.15, 0.2) is 41.1 Å². The number of halogens is 1. The average molecular weight is 264 g/mol. The van der Waals surface area contributed by atoms with Crippen molar-refractivity contribution < 1.29 is 0 Å². The van der Waals surface area contributed by atoms with Gasteiger partial charge < -0.3 is 0 Å². The predicted molar refractivity (Wildman–Crippen MR) is 61.4 cm³/mol. The molecule has 2 rings (SSSR count). The molecule has 2 aromatic rings. The van der Waals surface area contributed by atoms with Crippen molar-refractivity contribution in [2.24, 2.45) is 0 Å². The molecule has 0 saturated carbocycles. The maximum absolute atomic E-state index is 4.13. The summed E-state index contributed by atoms with van der Waals surface area (Å²) in [6.07, 6.45) is 5.03. The minimum Gasteiger partial charge on any atom is -0.238 e. The first-order valence-corrected chi connectivity index (χ1v) is 5.51. The van der Waals surface area contributed by atoms with Gasteiger partial charge in [0.25, 0.3) is 0 Å². The lowest BCUT2D eigenvalue weighted by molar-refractivity contribution is 0.802. The van der Waals surface area contributed by atoms with Crippen LogP contribution in [0.3, 0.4) is 0 Å². The fraction of sp³-hybridized carbons (Fsp3) is 0.182. The van der Waals surface area contributed by atoms with Crippen LogP contribution in [0.1, 0.15) is 11.4 Å². The van der Waals surface area contributed by atoms with E-state index in [1.165, 1.54) is 5.56 Å². The Kier molecular flexibility index (Phi) is 3.40. The molecule has 0 aliphatic carbocycles. The van der Waals surface area contributed by atoms with Gasteiger partial charge in [-0.25, -0.2) is 4.98 Å². The zero-order chi connectivity index (χ0) is 10.5. The molecule has 0 spiro atoms. The van der Waals surface area contributed by atoms with E-state index < -0.39 is 0 Å². The van der Waals surface area contributed by atoms with E-state index in [-0.39, 0.29) is 0 Å². The second kappa shape index (κ2) is 4.98. The number of hydrogen-bond donors (Lipinski definition) is 0. The van der Waals surface area contributed by atoms with Gasteiger partial charge in [0.05, 0.1) is 6.20 Å². The van der Waals surface area contributed by atoms with Crippen LogP contribution in [0, 0.1) is 0 Å². The number of rotatable bonds is 3. The fourth-order valence-corrected chi connectivity index (χ4v) is 1.56. The highest BCUT2D eigenvalue weighted by Gasteiger charge is 1.97. The third-order valence-corrected chi connectivity index (χ3v) is 2.61. The molecule has 4 heteroatoms. The van der Waals surface area contributed by atoms with Crippen LogP contribution >= 0.6 is 15.9 Å². The quantitative estimate of drug-likeness (QED) is 0.854. The first kappa shape index (κ1) is 10.2. The predicted octanol–water partition coefficient (Wildman–Crippen LogP) is 2.42. The van der Waals surface area contributed by atoms with Crippen LogP contribution in [-0.4, -0.2) is 15.2 Å². The molecule has 0 saturated heterocycles. The minimum absolute atomic E-state index is 0.792. The second-order valence-corrected chi connectivity index (χ2v) is 4.10. The van der Waals surface area contributed by atoms with Crippen LogP contribution in [0.25, 0.3) is 0 Å². The largest absolute Gasteiger partial charge is 0.238 e. The van der Waals surface area contributed by atoms with Crippen molar-refractivity contribution in [2.75, 3.05) is 0 Å². The smallest absolute Gasteiger partial charge is 0.151 e. The number of hydrogen-bond acceptors (Lipinski definition) is 3. The molecule has 15 heavy (non-hydrogen) atoms. The Hall–Kier alpha value is -1.29. The van der Waals surface area contributed by atoms with Gasteiger partial charge in [0.1, 0.15) is 0 Å². The van der Waals surface area contributed by atoms with Crippen molar-refractivity contribution in [3.8, 4) is 0 Å². The monoisotopic (exact) mass is 263 g/mol. The summed E-state index contributed by atoms with van der Waals surface area (Å²) in [5.41, 5.74) is 1.28. The van der Waals surface area contributed by atoms with Gasteiger partial charge >= 0.3 is 0 Å². The van der Waals surface area contributed by atoms with Gasteiger partial charge in [0, 0.05) is 17.1 Å². The zero-order valence-corrected chi connectivity index (χ0v) is 9.68. The molecule has 76 valence electrons. The highest BCUT2D eigenvalue weighted by Crippen LogP contribution is 2.11. The Morgan fingerprint density at radius 3 is 2.47 bits per heavy atom. The standard InChI is InChI=1S/C11H10BrN3/c12-10-4-1-9(2-5-10)3-6-11-13-7-8-14-15-11/h1-2,4-5,7-8H,3,6H2. The number of benzene rings is 1. The van der Waals surface area contributed by atoms with Crippen LogP contribution in [0.4, 0.5) is 0 Å². The summed E-state index contributed by atoms with van der Waals surface area (Å²) in [4.78, 5) is 4.13. The van der Waals surface area contributed by atoms with Gasteiger partial charge in [-0.2, -0.15) is 5.10 Å². The Labute approximate surface area is 96.7 Å². The van der Waals surface area contributed by atoms with Crippen LogP contribution in [0.2, 0.25) is 0 Å². The number of nitrogens with zero attached hydrogens (tertiary/aromatic N) is 3. The summed E-state index contributed by atoms with van der Waals surface area (Å²) >= 11 is 3.41. The summed E-state index contributed by atoms with van der Waals surface area (Å²) in [6.45, 7) is 0. The van der Waals surface area contributed by atoms with Gasteiger partial charge in [0.2, 0.25) is 0 Å². The van der Waals surface area contributed by atoms with Crippen molar-refractivity contribution in [1.82, 2.24) is 15.2 Å². The minimum atomic E-state index is 0.792. The van der Waals surface area contributed by atoms with Crippen molar-refractivity contribution in [3.63, 3.8) is 0 Å². The molecule has 0 aliphatic rings. The summed E-state index contributed by atoms with van der Waals surface area (Å²) in [6, 6.07) is 8.28. The first-order valence-electron chi connectivity index (χ1n) is 4.71. The molecule has 0 aliphatic heterocycles. The third kappa shape index (κ3) is 3.09. The molecule has 1 aromatic heterocycles. The Morgan fingerprint density at radius 2 is 1.80 bits per heavy atom. The Balaban J connectivity index is 1.96. The maximum atomic E-state index is 4.13. The molecular weight excluding hydrogens is 254 g/mol. The normalized spacial score (nSPS) is 10.2. The molecule has 0 amide bonds. The highest BCUT2D eigenvalue weighted by molar-refractivity contribution is 9.10. The second-order valence-electron chi connectivity index (χ2n) is 3.19. The van der Waals surface area contributed by atoms with E-state index in [0.29, 0.717) is 0 Å². The highest BCUT2D eigenvalue weighted by atomic mass is 79.9. The van der Waals surface area contributed by atoms with Crippen molar-refractivity contribution in [3.05, 3.63) is 52.5 Å². The summed E-state index contributed by atoms with van der Waals surface area (Å²) in [5, 5.41) is 7.73. The van der Waals surface area contributed by atoms with E-state index in [1.807, 2.05) is 12.1 Å². The van der Waals surface area contributed by atoms with Crippen molar-refractivity contribution >= 4 is 15.9 Å². The van der Waals surface area contributed by atoms with Gasteiger partial charge in [-0.3, -0.25) is 0 Å². The molecule has 0 unspecified atom stereocenters. The van der Waals surface area contributed by atoms with Gasteiger partial charge in [-0.1, -0.05) is 28.1 Å². The summed E-state index contributed by atoms with van der Waals surface area (Å²) < 4.78 is 1.10. The fourth-order valence-electron chi connectivity index (χ4n) is 1.30. The van der Waals surface area contributed by atoms with E-state index in [1.54, 1.807) is 12.4 Å². The lowest BCUT2D eigenvalue weighted by Crippen LogP contribution is -1.98. The van der Waals surface area contributed by atoms with Crippen LogP contribution in [-0.2, 0) is 12.8 Å². The van der Waals surface area contributed by atoms with Crippen molar-refractivity contribution in [1.29, 1.82) is 0 Å². The van der Waals surface area contributed by atoms with Crippen LogP contribution < -0.4 is 0 Å². The molecule has 0 bridgehead atoms.